The normalized spacial score (nSPS) is 21.8. The predicted octanol–water partition coefficient (Wildman–Crippen LogP) is 2.06. The minimum atomic E-state index is -3.37. The first-order valence-corrected chi connectivity index (χ1v) is 11.3. The number of nitrogens with zero attached hydrogens (tertiary/aromatic N) is 3. The summed E-state index contributed by atoms with van der Waals surface area (Å²) in [6.07, 6.45) is 5.91. The van der Waals surface area contributed by atoms with Crippen LogP contribution in [-0.4, -0.2) is 62.5 Å². The van der Waals surface area contributed by atoms with Crippen LogP contribution in [0.5, 0.6) is 0 Å². The van der Waals surface area contributed by atoms with E-state index in [0.717, 1.165) is 31.5 Å². The van der Waals surface area contributed by atoms with Crippen molar-refractivity contribution >= 4 is 21.6 Å². The molecule has 2 fully saturated rings. The summed E-state index contributed by atoms with van der Waals surface area (Å²) in [6.45, 7) is 3.05. The molecule has 1 amide bonds. The fraction of sp³-hybridized carbons (Fsp3) is 0.632. The summed E-state index contributed by atoms with van der Waals surface area (Å²) in [6, 6.07) is 7.64. The molecular formula is C19H29N3O3S. The van der Waals surface area contributed by atoms with Crippen LogP contribution in [-0.2, 0) is 21.4 Å². The van der Waals surface area contributed by atoms with Gasteiger partial charge < -0.3 is 9.80 Å². The van der Waals surface area contributed by atoms with Crippen LogP contribution in [0.1, 0.15) is 37.7 Å². The van der Waals surface area contributed by atoms with Crippen molar-refractivity contribution in [2.45, 2.75) is 44.7 Å². The van der Waals surface area contributed by atoms with Crippen LogP contribution in [0.2, 0.25) is 0 Å². The number of benzene rings is 1. The summed E-state index contributed by atoms with van der Waals surface area (Å²) in [4.78, 5) is 17.1. The summed E-state index contributed by atoms with van der Waals surface area (Å²) in [5, 5.41) is 0. The molecule has 7 heteroatoms. The van der Waals surface area contributed by atoms with Gasteiger partial charge in [0.2, 0.25) is 15.9 Å². The molecule has 6 nitrogen and oxygen atoms in total. The third-order valence-electron chi connectivity index (χ3n) is 5.39. The van der Waals surface area contributed by atoms with Gasteiger partial charge >= 0.3 is 0 Å². The van der Waals surface area contributed by atoms with Crippen LogP contribution in [0, 0.1) is 0 Å². The Morgan fingerprint density at radius 1 is 1.12 bits per heavy atom. The van der Waals surface area contributed by atoms with Gasteiger partial charge in [0.1, 0.15) is 6.04 Å². The Kier molecular flexibility index (Phi) is 5.87. The third-order valence-corrected chi connectivity index (χ3v) is 6.68. The lowest BCUT2D eigenvalue weighted by atomic mass is 10.0. The van der Waals surface area contributed by atoms with E-state index in [-0.39, 0.29) is 5.91 Å². The van der Waals surface area contributed by atoms with Crippen LogP contribution in [0.4, 0.5) is 5.69 Å². The maximum Gasteiger partial charge on any atom is 0.241 e. The van der Waals surface area contributed by atoms with E-state index >= 15 is 0 Å². The first kappa shape index (κ1) is 19.2. The van der Waals surface area contributed by atoms with Crippen molar-refractivity contribution in [3.05, 3.63) is 29.8 Å². The number of hydrogen-bond acceptors (Lipinski definition) is 4. The lowest BCUT2D eigenvalue weighted by molar-refractivity contribution is -0.135. The van der Waals surface area contributed by atoms with Crippen molar-refractivity contribution in [3.8, 4) is 0 Å². The number of sulfonamides is 1. The van der Waals surface area contributed by atoms with E-state index in [1.54, 1.807) is 11.9 Å². The van der Waals surface area contributed by atoms with Gasteiger partial charge in [0, 0.05) is 38.9 Å². The van der Waals surface area contributed by atoms with Gasteiger partial charge in [0.25, 0.3) is 0 Å². The van der Waals surface area contributed by atoms with Crippen molar-refractivity contribution in [3.63, 3.8) is 0 Å². The average Bonchev–Trinajstić information content (AvgIpc) is 3.15. The van der Waals surface area contributed by atoms with Crippen LogP contribution in [0.3, 0.4) is 0 Å². The smallest absolute Gasteiger partial charge is 0.241 e. The first-order chi connectivity index (χ1) is 12.4. The van der Waals surface area contributed by atoms with Crippen LogP contribution in [0.25, 0.3) is 0 Å². The average molecular weight is 380 g/mol. The third kappa shape index (κ3) is 4.20. The molecule has 0 radical (unpaired) electrons. The van der Waals surface area contributed by atoms with E-state index in [1.807, 2.05) is 12.1 Å². The molecule has 26 heavy (non-hydrogen) atoms. The molecule has 2 saturated heterocycles. The molecule has 3 rings (SSSR count). The lowest BCUT2D eigenvalue weighted by Crippen LogP contribution is -2.51. The van der Waals surface area contributed by atoms with Crippen molar-refractivity contribution < 1.29 is 13.2 Å². The van der Waals surface area contributed by atoms with Crippen LogP contribution in [0.15, 0.2) is 24.3 Å². The number of amides is 1. The number of carbonyl (C=O) groups is 1. The van der Waals surface area contributed by atoms with Crippen molar-refractivity contribution in [1.29, 1.82) is 0 Å². The summed E-state index contributed by atoms with van der Waals surface area (Å²) in [5.74, 6) is -0.105. The molecule has 1 atom stereocenters. The number of hydrogen-bond donors (Lipinski definition) is 0. The van der Waals surface area contributed by atoms with E-state index in [9.17, 15) is 13.2 Å². The second-order valence-electron chi connectivity index (χ2n) is 7.40. The Hall–Kier alpha value is -1.60. The Morgan fingerprint density at radius 2 is 1.77 bits per heavy atom. The fourth-order valence-electron chi connectivity index (χ4n) is 4.05. The highest BCUT2D eigenvalue weighted by molar-refractivity contribution is 7.88. The molecule has 2 heterocycles. The summed E-state index contributed by atoms with van der Waals surface area (Å²) >= 11 is 0. The molecule has 0 saturated carbocycles. The van der Waals surface area contributed by atoms with Gasteiger partial charge in [-0.05, 0) is 37.3 Å². The summed E-state index contributed by atoms with van der Waals surface area (Å²) in [5.41, 5.74) is 2.31. The van der Waals surface area contributed by atoms with Gasteiger partial charge in [-0.2, -0.15) is 4.31 Å². The number of rotatable bonds is 5. The quantitative estimate of drug-likeness (QED) is 0.786. The zero-order valence-corrected chi connectivity index (χ0v) is 16.5. The van der Waals surface area contributed by atoms with Gasteiger partial charge in [-0.25, -0.2) is 8.42 Å². The van der Waals surface area contributed by atoms with E-state index < -0.39 is 16.1 Å². The number of carbonyl (C=O) groups excluding carboxylic acids is 1. The molecule has 0 N–H and O–H groups in total. The van der Waals surface area contributed by atoms with Crippen LogP contribution < -0.4 is 4.90 Å². The summed E-state index contributed by atoms with van der Waals surface area (Å²) in [7, 11) is -1.59. The SMILES string of the molecule is CN(Cc1ccccc1N1CCCC1)C(=O)[C@H]1CCCCN1S(C)(=O)=O. The first-order valence-electron chi connectivity index (χ1n) is 9.42. The molecule has 0 unspecified atom stereocenters. The highest BCUT2D eigenvalue weighted by atomic mass is 32.2. The van der Waals surface area contributed by atoms with E-state index in [4.69, 9.17) is 0 Å². The molecule has 0 aliphatic carbocycles. The van der Waals surface area contributed by atoms with Crippen molar-refractivity contribution in [2.75, 3.05) is 37.8 Å². The number of anilines is 1. The largest absolute Gasteiger partial charge is 0.371 e. The lowest BCUT2D eigenvalue weighted by Gasteiger charge is -2.35. The Labute approximate surface area is 156 Å². The van der Waals surface area contributed by atoms with Gasteiger partial charge in [-0.15, -0.1) is 0 Å². The number of piperidine rings is 1. The molecule has 1 aromatic carbocycles. The Balaban J connectivity index is 1.75. The van der Waals surface area contributed by atoms with Crippen molar-refractivity contribution in [2.24, 2.45) is 0 Å². The standard InChI is InChI=1S/C19H29N3O3S/c1-20(19(23)18-11-5-6-14-22(18)26(2,24)25)15-16-9-3-4-10-17(16)21-12-7-8-13-21/h3-4,9-10,18H,5-8,11-15H2,1-2H3/t18-/m1/s1. The molecule has 0 aromatic heterocycles. The number of likely N-dealkylation sites (N-methyl/N-ethyl adjacent to an activating group) is 1. The zero-order chi connectivity index (χ0) is 18.7. The van der Waals surface area contributed by atoms with E-state index in [1.165, 1.54) is 29.1 Å². The fourth-order valence-corrected chi connectivity index (χ4v) is 5.17. The Bertz CT molecular complexity index is 744. The molecule has 0 spiro atoms. The highest BCUT2D eigenvalue weighted by Gasteiger charge is 2.36. The summed E-state index contributed by atoms with van der Waals surface area (Å²) < 4.78 is 25.5. The maximum absolute atomic E-state index is 13.0. The van der Waals surface area contributed by atoms with E-state index in [0.29, 0.717) is 19.5 Å². The van der Waals surface area contributed by atoms with Crippen LogP contribution >= 0.6 is 0 Å². The molecule has 0 bridgehead atoms. The second kappa shape index (κ2) is 7.96. The zero-order valence-electron chi connectivity index (χ0n) is 15.7. The molecular weight excluding hydrogens is 350 g/mol. The minimum absolute atomic E-state index is 0.105. The van der Waals surface area contributed by atoms with Gasteiger partial charge in [-0.1, -0.05) is 24.6 Å². The minimum Gasteiger partial charge on any atom is -0.371 e. The molecule has 1 aromatic rings. The monoisotopic (exact) mass is 379 g/mol. The van der Waals surface area contributed by atoms with Gasteiger partial charge in [0.15, 0.2) is 0 Å². The van der Waals surface area contributed by atoms with Crippen molar-refractivity contribution in [1.82, 2.24) is 9.21 Å². The predicted molar refractivity (Wildman–Crippen MR) is 104 cm³/mol. The topological polar surface area (TPSA) is 60.9 Å². The van der Waals surface area contributed by atoms with Gasteiger partial charge in [0.05, 0.1) is 6.26 Å². The maximum atomic E-state index is 13.0. The Morgan fingerprint density at radius 3 is 2.46 bits per heavy atom. The second-order valence-corrected chi connectivity index (χ2v) is 9.34. The van der Waals surface area contributed by atoms with Gasteiger partial charge in [-0.3, -0.25) is 4.79 Å². The molecule has 144 valence electrons. The van der Waals surface area contributed by atoms with E-state index in [2.05, 4.69) is 17.0 Å². The highest BCUT2D eigenvalue weighted by Crippen LogP contribution is 2.27. The molecule has 2 aliphatic heterocycles. The number of para-hydroxylation sites is 1. The molecule has 2 aliphatic rings.